The van der Waals surface area contributed by atoms with Crippen molar-refractivity contribution in [3.05, 3.63) is 187 Å². The van der Waals surface area contributed by atoms with Crippen LogP contribution in [0.4, 0.5) is 11.4 Å². The molecular weight excluding hydrogens is 556 g/mol. The molecule has 46 heavy (non-hydrogen) atoms. The third kappa shape index (κ3) is 4.57. The summed E-state index contributed by atoms with van der Waals surface area (Å²) in [5.74, 6) is 0. The first-order chi connectivity index (χ1) is 22.5. The van der Waals surface area contributed by atoms with E-state index in [0.717, 1.165) is 34.8 Å². The van der Waals surface area contributed by atoms with E-state index in [1.165, 1.54) is 44.1 Å². The predicted octanol–water partition coefficient (Wildman–Crippen LogP) is 11.7. The normalized spacial score (nSPS) is 17.7. The van der Waals surface area contributed by atoms with E-state index in [1.54, 1.807) is 0 Å². The maximum absolute atomic E-state index is 4.27. The Labute approximate surface area is 271 Å². The molecule has 2 heteroatoms. The molecule has 0 saturated heterocycles. The van der Waals surface area contributed by atoms with Gasteiger partial charge in [0, 0.05) is 38.9 Å². The summed E-state index contributed by atoms with van der Waals surface area (Å²) in [4.78, 5) is 2.41. The standard InChI is InChI=1S/C44H36N2/c1-31-15-7-4-5-8-18-33(24-23-31)45(34-25-27-37-36-19-11-13-21-40(36)44(2,3)41(37)29-34)35-26-28-39-38-20-12-14-22-42(38)46(43(39)30-35)32-16-9-6-10-17-32/h4-7,9-30H,1,8H2,2-3H3/b5-4-,15-7-,24-23?,33-18+. The number of hydrogen-bond acceptors (Lipinski definition) is 1. The summed E-state index contributed by atoms with van der Waals surface area (Å²) in [6.07, 6.45) is 15.9. The second-order valence-electron chi connectivity index (χ2n) is 12.7. The molecule has 222 valence electrons. The van der Waals surface area contributed by atoms with Crippen LogP contribution in [0.1, 0.15) is 31.4 Å². The molecule has 5 aromatic carbocycles. The highest BCUT2D eigenvalue weighted by Crippen LogP contribution is 2.50. The molecule has 0 N–H and O–H groups in total. The second-order valence-corrected chi connectivity index (χ2v) is 12.7. The van der Waals surface area contributed by atoms with Gasteiger partial charge in [0.05, 0.1) is 11.0 Å². The van der Waals surface area contributed by atoms with Gasteiger partial charge in [-0.25, -0.2) is 0 Å². The molecule has 0 aliphatic heterocycles. The molecule has 1 aromatic heterocycles. The summed E-state index contributed by atoms with van der Waals surface area (Å²) in [5.41, 5.74) is 13.1. The highest BCUT2D eigenvalue weighted by atomic mass is 15.1. The molecule has 0 spiro atoms. The Morgan fingerprint density at radius 2 is 1.35 bits per heavy atom. The fraction of sp³-hybridized carbons (Fsp3) is 0.0909. The molecule has 0 saturated carbocycles. The maximum Gasteiger partial charge on any atom is 0.0561 e. The van der Waals surface area contributed by atoms with Gasteiger partial charge in [-0.3, -0.25) is 0 Å². The largest absolute Gasteiger partial charge is 0.311 e. The first kappa shape index (κ1) is 27.9. The fourth-order valence-corrected chi connectivity index (χ4v) is 7.24. The summed E-state index contributed by atoms with van der Waals surface area (Å²) in [5, 5.41) is 2.49. The zero-order valence-electron chi connectivity index (χ0n) is 26.3. The van der Waals surface area contributed by atoms with Gasteiger partial charge in [-0.2, -0.15) is 0 Å². The SMILES string of the molecule is C=C1C=C/C(N(c2ccc3c(c2)C(C)(C)c2ccccc2-3)c2ccc3c4ccccc4n(-c4ccccc4)c3c2)=C\C/C=C\C=C/1. The first-order valence-corrected chi connectivity index (χ1v) is 16.0. The Balaban J connectivity index is 1.37. The highest BCUT2D eigenvalue weighted by Gasteiger charge is 2.35. The van der Waals surface area contributed by atoms with Crippen LogP contribution in [0.2, 0.25) is 0 Å². The summed E-state index contributed by atoms with van der Waals surface area (Å²) in [6, 6.07) is 42.2. The minimum absolute atomic E-state index is 0.0976. The molecular formula is C44H36N2. The molecule has 1 heterocycles. The molecule has 0 atom stereocenters. The van der Waals surface area contributed by atoms with Crippen molar-refractivity contribution in [3.63, 3.8) is 0 Å². The Morgan fingerprint density at radius 3 is 2.24 bits per heavy atom. The van der Waals surface area contributed by atoms with Crippen molar-refractivity contribution in [3.8, 4) is 16.8 Å². The molecule has 0 unspecified atom stereocenters. The number of nitrogens with zero attached hydrogens (tertiary/aromatic N) is 2. The number of allylic oxidation sites excluding steroid dienone is 8. The minimum Gasteiger partial charge on any atom is -0.311 e. The van der Waals surface area contributed by atoms with Crippen LogP contribution in [0.3, 0.4) is 0 Å². The lowest BCUT2D eigenvalue weighted by molar-refractivity contribution is 0.660. The monoisotopic (exact) mass is 592 g/mol. The first-order valence-electron chi connectivity index (χ1n) is 16.0. The van der Waals surface area contributed by atoms with Crippen LogP contribution in [-0.4, -0.2) is 4.57 Å². The molecule has 0 amide bonds. The van der Waals surface area contributed by atoms with E-state index in [2.05, 4.69) is 188 Å². The number of fused-ring (bicyclic) bond motifs is 6. The topological polar surface area (TPSA) is 8.17 Å². The van der Waals surface area contributed by atoms with E-state index in [0.29, 0.717) is 0 Å². The van der Waals surface area contributed by atoms with E-state index >= 15 is 0 Å². The van der Waals surface area contributed by atoms with Gasteiger partial charge < -0.3 is 9.47 Å². The van der Waals surface area contributed by atoms with Crippen LogP contribution in [0.15, 0.2) is 176 Å². The van der Waals surface area contributed by atoms with Crippen LogP contribution < -0.4 is 4.90 Å². The van der Waals surface area contributed by atoms with E-state index < -0.39 is 0 Å². The summed E-state index contributed by atoms with van der Waals surface area (Å²) >= 11 is 0. The van der Waals surface area contributed by atoms with Crippen molar-refractivity contribution in [1.82, 2.24) is 4.57 Å². The minimum atomic E-state index is -0.0976. The summed E-state index contributed by atoms with van der Waals surface area (Å²) in [6.45, 7) is 8.96. The average Bonchev–Trinajstić information content (AvgIpc) is 3.53. The van der Waals surface area contributed by atoms with E-state index in [4.69, 9.17) is 0 Å². The van der Waals surface area contributed by atoms with Crippen LogP contribution in [-0.2, 0) is 5.41 Å². The number of hydrogen-bond donors (Lipinski definition) is 0. The van der Waals surface area contributed by atoms with Gasteiger partial charge in [-0.15, -0.1) is 0 Å². The zero-order valence-corrected chi connectivity index (χ0v) is 26.3. The Hall–Kier alpha value is -5.60. The Kier molecular flexibility index (Phi) is 6.73. The second kappa shape index (κ2) is 11.1. The van der Waals surface area contributed by atoms with Crippen LogP contribution >= 0.6 is 0 Å². The van der Waals surface area contributed by atoms with Gasteiger partial charge in [0.1, 0.15) is 0 Å². The smallest absolute Gasteiger partial charge is 0.0561 e. The van der Waals surface area contributed by atoms with Crippen LogP contribution in [0.5, 0.6) is 0 Å². The van der Waals surface area contributed by atoms with Gasteiger partial charge in [-0.1, -0.05) is 130 Å². The molecule has 2 aliphatic rings. The fourth-order valence-electron chi connectivity index (χ4n) is 7.24. The average molecular weight is 593 g/mol. The van der Waals surface area contributed by atoms with E-state index in [-0.39, 0.29) is 5.41 Å². The van der Waals surface area contributed by atoms with Crippen molar-refractivity contribution in [2.45, 2.75) is 25.7 Å². The third-order valence-corrected chi connectivity index (χ3v) is 9.50. The molecule has 8 rings (SSSR count). The van der Waals surface area contributed by atoms with Gasteiger partial charge in [-0.05, 0) is 82.8 Å². The molecule has 2 aliphatic carbocycles. The third-order valence-electron chi connectivity index (χ3n) is 9.50. The number of benzene rings is 5. The lowest BCUT2D eigenvalue weighted by atomic mass is 9.82. The summed E-state index contributed by atoms with van der Waals surface area (Å²) in [7, 11) is 0. The van der Waals surface area contributed by atoms with Crippen molar-refractivity contribution in [1.29, 1.82) is 0 Å². The zero-order chi connectivity index (χ0) is 31.3. The van der Waals surface area contributed by atoms with Gasteiger partial charge in [0.15, 0.2) is 0 Å². The van der Waals surface area contributed by atoms with Gasteiger partial charge in [0.25, 0.3) is 0 Å². The lowest BCUT2D eigenvalue weighted by Crippen LogP contribution is -2.18. The quantitative estimate of drug-likeness (QED) is 0.198. The van der Waals surface area contributed by atoms with E-state index in [1.807, 2.05) is 0 Å². The van der Waals surface area contributed by atoms with Gasteiger partial charge in [0.2, 0.25) is 0 Å². The number of para-hydroxylation sites is 2. The summed E-state index contributed by atoms with van der Waals surface area (Å²) < 4.78 is 2.39. The predicted molar refractivity (Wildman–Crippen MR) is 196 cm³/mol. The Morgan fingerprint density at radius 1 is 0.630 bits per heavy atom. The van der Waals surface area contributed by atoms with Crippen LogP contribution in [0, 0.1) is 0 Å². The molecule has 2 nitrogen and oxygen atoms in total. The lowest BCUT2D eigenvalue weighted by Gasteiger charge is -2.29. The number of rotatable bonds is 4. The van der Waals surface area contributed by atoms with Crippen molar-refractivity contribution in [2.24, 2.45) is 0 Å². The van der Waals surface area contributed by atoms with Crippen molar-refractivity contribution < 1.29 is 0 Å². The number of aromatic nitrogens is 1. The van der Waals surface area contributed by atoms with Gasteiger partial charge >= 0.3 is 0 Å². The molecule has 0 fully saturated rings. The van der Waals surface area contributed by atoms with E-state index in [9.17, 15) is 0 Å². The van der Waals surface area contributed by atoms with Crippen molar-refractivity contribution in [2.75, 3.05) is 4.90 Å². The highest BCUT2D eigenvalue weighted by molar-refractivity contribution is 6.10. The maximum atomic E-state index is 4.27. The molecule has 6 aromatic rings. The van der Waals surface area contributed by atoms with Crippen LogP contribution in [0.25, 0.3) is 38.6 Å². The molecule has 0 radical (unpaired) electrons. The Bertz CT molecular complexity index is 2270. The number of anilines is 2. The van der Waals surface area contributed by atoms with Crippen molar-refractivity contribution >= 4 is 33.2 Å². The molecule has 0 bridgehead atoms.